The lowest BCUT2D eigenvalue weighted by molar-refractivity contribution is -0.137. The Labute approximate surface area is 130 Å². The molecule has 1 aliphatic heterocycles. The van der Waals surface area contributed by atoms with Gasteiger partial charge in [0.15, 0.2) is 0 Å². The van der Waals surface area contributed by atoms with Gasteiger partial charge >= 0.3 is 5.97 Å². The smallest absolute Gasteiger partial charge is 0.305 e. The summed E-state index contributed by atoms with van der Waals surface area (Å²) < 4.78 is 0. The second-order valence-corrected chi connectivity index (χ2v) is 5.70. The summed E-state index contributed by atoms with van der Waals surface area (Å²) >= 11 is 0. The maximum absolute atomic E-state index is 12.4. The molecule has 1 aromatic rings. The first kappa shape index (κ1) is 16.3. The number of carboxylic acid groups (broad SMARTS) is 1. The van der Waals surface area contributed by atoms with E-state index in [2.05, 4.69) is 4.98 Å². The van der Waals surface area contributed by atoms with Crippen LogP contribution in [-0.2, 0) is 9.59 Å². The number of rotatable bonds is 6. The molecule has 0 aliphatic carbocycles. The second kappa shape index (κ2) is 7.77. The molecule has 2 rings (SSSR count). The molecular weight excluding hydrogens is 282 g/mol. The fourth-order valence-electron chi connectivity index (χ4n) is 2.60. The number of aryl methyl sites for hydroxylation is 1. The predicted octanol–water partition coefficient (Wildman–Crippen LogP) is 1.68. The highest BCUT2D eigenvalue weighted by molar-refractivity contribution is 5.81. The number of carbonyl (C=O) groups excluding carboxylic acids is 1. The van der Waals surface area contributed by atoms with Crippen molar-refractivity contribution in [2.75, 3.05) is 31.1 Å². The first-order valence-corrected chi connectivity index (χ1v) is 7.73. The van der Waals surface area contributed by atoms with E-state index in [1.54, 1.807) is 11.1 Å². The molecule has 0 atom stereocenters. The van der Waals surface area contributed by atoms with Crippen molar-refractivity contribution in [2.45, 2.75) is 32.6 Å². The number of hydrogen-bond donors (Lipinski definition) is 1. The quantitative estimate of drug-likeness (QED) is 0.865. The molecule has 120 valence electrons. The van der Waals surface area contributed by atoms with Crippen LogP contribution in [0.15, 0.2) is 18.3 Å². The molecule has 1 fully saturated rings. The minimum atomic E-state index is -0.872. The van der Waals surface area contributed by atoms with E-state index in [4.69, 9.17) is 5.11 Å². The summed E-state index contributed by atoms with van der Waals surface area (Å²) in [6.45, 7) is 4.02. The lowest BCUT2D eigenvalue weighted by Crippen LogP contribution is -2.43. The monoisotopic (exact) mass is 305 g/mol. The van der Waals surface area contributed by atoms with Gasteiger partial charge in [-0.1, -0.05) is 0 Å². The van der Waals surface area contributed by atoms with E-state index in [1.165, 1.54) is 6.42 Å². The highest BCUT2D eigenvalue weighted by atomic mass is 16.4. The Morgan fingerprint density at radius 1 is 1.32 bits per heavy atom. The number of carbonyl (C=O) groups is 2. The number of likely N-dealkylation sites (tertiary alicyclic amines) is 1. The van der Waals surface area contributed by atoms with E-state index in [0.29, 0.717) is 5.82 Å². The van der Waals surface area contributed by atoms with Crippen molar-refractivity contribution >= 4 is 17.7 Å². The van der Waals surface area contributed by atoms with Gasteiger partial charge in [0, 0.05) is 25.8 Å². The van der Waals surface area contributed by atoms with Crippen LogP contribution in [0.3, 0.4) is 0 Å². The van der Waals surface area contributed by atoms with E-state index >= 15 is 0 Å². The summed E-state index contributed by atoms with van der Waals surface area (Å²) in [5.74, 6) is -0.164. The minimum absolute atomic E-state index is 0.0110. The summed E-state index contributed by atoms with van der Waals surface area (Å²) in [6, 6.07) is 3.76. The van der Waals surface area contributed by atoms with Crippen LogP contribution in [0.25, 0.3) is 0 Å². The van der Waals surface area contributed by atoms with Crippen molar-refractivity contribution in [3.63, 3.8) is 0 Å². The molecule has 0 radical (unpaired) electrons. The van der Waals surface area contributed by atoms with Crippen molar-refractivity contribution < 1.29 is 14.7 Å². The molecule has 1 aromatic heterocycles. The fourth-order valence-corrected chi connectivity index (χ4v) is 2.60. The number of carboxylic acids is 1. The average Bonchev–Trinajstić information content (AvgIpc) is 2.52. The first-order chi connectivity index (χ1) is 10.6. The molecule has 1 aliphatic rings. The number of amides is 1. The molecule has 6 nitrogen and oxygen atoms in total. The van der Waals surface area contributed by atoms with Gasteiger partial charge in [0.2, 0.25) is 5.91 Å². The molecule has 22 heavy (non-hydrogen) atoms. The highest BCUT2D eigenvalue weighted by Gasteiger charge is 2.20. The SMILES string of the molecule is Cc1ccnc(N(CCC(=O)O)CC(=O)N2CCCCC2)c1. The number of aliphatic carboxylic acids is 1. The van der Waals surface area contributed by atoms with Gasteiger partial charge in [0.25, 0.3) is 0 Å². The minimum Gasteiger partial charge on any atom is -0.481 e. The van der Waals surface area contributed by atoms with Crippen LogP contribution in [0.1, 0.15) is 31.2 Å². The zero-order valence-electron chi connectivity index (χ0n) is 13.0. The van der Waals surface area contributed by atoms with Crippen LogP contribution in [0.2, 0.25) is 0 Å². The second-order valence-electron chi connectivity index (χ2n) is 5.70. The predicted molar refractivity (Wildman–Crippen MR) is 83.9 cm³/mol. The van der Waals surface area contributed by atoms with E-state index in [-0.39, 0.29) is 25.4 Å². The molecule has 0 spiro atoms. The van der Waals surface area contributed by atoms with Gasteiger partial charge in [-0.15, -0.1) is 0 Å². The Kier molecular flexibility index (Phi) is 5.75. The molecule has 1 N–H and O–H groups in total. The van der Waals surface area contributed by atoms with Gasteiger partial charge in [0.05, 0.1) is 13.0 Å². The highest BCUT2D eigenvalue weighted by Crippen LogP contribution is 2.15. The molecule has 1 saturated heterocycles. The van der Waals surface area contributed by atoms with Gasteiger partial charge in [-0.25, -0.2) is 4.98 Å². The van der Waals surface area contributed by atoms with Crippen LogP contribution in [-0.4, -0.2) is 53.0 Å². The van der Waals surface area contributed by atoms with E-state index in [9.17, 15) is 9.59 Å². The van der Waals surface area contributed by atoms with E-state index < -0.39 is 5.97 Å². The van der Waals surface area contributed by atoms with Gasteiger partial charge < -0.3 is 14.9 Å². The fraction of sp³-hybridized carbons (Fsp3) is 0.562. The van der Waals surface area contributed by atoms with Crippen molar-refractivity contribution in [1.29, 1.82) is 0 Å². The summed E-state index contributed by atoms with van der Waals surface area (Å²) in [7, 11) is 0. The van der Waals surface area contributed by atoms with Gasteiger partial charge in [-0.2, -0.15) is 0 Å². The summed E-state index contributed by atoms with van der Waals surface area (Å²) in [5, 5.41) is 8.90. The molecule has 1 amide bonds. The molecule has 0 saturated carbocycles. The summed E-state index contributed by atoms with van der Waals surface area (Å²) in [6.07, 6.45) is 4.94. The largest absolute Gasteiger partial charge is 0.481 e. The third kappa shape index (κ3) is 4.72. The topological polar surface area (TPSA) is 73.7 Å². The Bertz CT molecular complexity index is 527. The zero-order chi connectivity index (χ0) is 15.9. The molecular formula is C16H23N3O3. The van der Waals surface area contributed by atoms with Crippen LogP contribution >= 0.6 is 0 Å². The van der Waals surface area contributed by atoms with Gasteiger partial charge in [-0.3, -0.25) is 9.59 Å². The number of piperidine rings is 1. The Hall–Kier alpha value is -2.11. The molecule has 6 heteroatoms. The standard InChI is InChI=1S/C16H23N3O3/c1-13-5-7-17-14(11-13)19(10-6-16(21)22)12-15(20)18-8-3-2-4-9-18/h5,7,11H,2-4,6,8-10,12H2,1H3,(H,21,22). The van der Waals surface area contributed by atoms with Crippen LogP contribution in [0, 0.1) is 6.92 Å². The maximum Gasteiger partial charge on any atom is 0.305 e. The van der Waals surface area contributed by atoms with Crippen molar-refractivity contribution in [1.82, 2.24) is 9.88 Å². The van der Waals surface area contributed by atoms with Crippen molar-refractivity contribution in [3.8, 4) is 0 Å². The molecule has 0 unspecified atom stereocenters. The number of pyridine rings is 1. The number of anilines is 1. The summed E-state index contributed by atoms with van der Waals surface area (Å²) in [5.41, 5.74) is 1.04. The molecule has 0 aromatic carbocycles. The van der Waals surface area contributed by atoms with Crippen molar-refractivity contribution in [2.24, 2.45) is 0 Å². The third-order valence-corrected chi connectivity index (χ3v) is 3.86. The lowest BCUT2D eigenvalue weighted by atomic mass is 10.1. The first-order valence-electron chi connectivity index (χ1n) is 7.73. The van der Waals surface area contributed by atoms with Gasteiger partial charge in [-0.05, 0) is 43.9 Å². The van der Waals surface area contributed by atoms with Crippen LogP contribution in [0.4, 0.5) is 5.82 Å². The van der Waals surface area contributed by atoms with Crippen LogP contribution in [0.5, 0.6) is 0 Å². The zero-order valence-corrected chi connectivity index (χ0v) is 13.0. The normalized spacial score (nSPS) is 14.7. The number of aromatic nitrogens is 1. The van der Waals surface area contributed by atoms with Gasteiger partial charge in [0.1, 0.15) is 5.82 Å². The number of nitrogens with zero attached hydrogens (tertiary/aromatic N) is 3. The van der Waals surface area contributed by atoms with E-state index in [1.807, 2.05) is 24.0 Å². The maximum atomic E-state index is 12.4. The van der Waals surface area contributed by atoms with E-state index in [0.717, 1.165) is 31.5 Å². The number of hydrogen-bond acceptors (Lipinski definition) is 4. The summed E-state index contributed by atoms with van der Waals surface area (Å²) in [4.78, 5) is 31.2. The lowest BCUT2D eigenvalue weighted by Gasteiger charge is -2.30. The Morgan fingerprint density at radius 2 is 2.05 bits per heavy atom. The molecule has 2 heterocycles. The van der Waals surface area contributed by atoms with Crippen molar-refractivity contribution in [3.05, 3.63) is 23.9 Å². The third-order valence-electron chi connectivity index (χ3n) is 3.86. The Balaban J connectivity index is 2.06. The molecule has 0 bridgehead atoms. The van der Waals surface area contributed by atoms with Crippen LogP contribution < -0.4 is 4.90 Å². The Morgan fingerprint density at radius 3 is 2.68 bits per heavy atom. The average molecular weight is 305 g/mol.